The summed E-state index contributed by atoms with van der Waals surface area (Å²) in [5.41, 5.74) is 0.763. The van der Waals surface area contributed by atoms with E-state index in [2.05, 4.69) is 11.9 Å². The maximum absolute atomic E-state index is 13.3. The Morgan fingerprint density at radius 2 is 1.63 bits per heavy atom. The first kappa shape index (κ1) is 21.0. The molecule has 1 N–H and O–H groups in total. The molecule has 6 heteroatoms. The average molecular weight is 404 g/mol. The predicted octanol–water partition coefficient (Wildman–Crippen LogP) is 3.54. The van der Waals surface area contributed by atoms with E-state index in [9.17, 15) is 14.4 Å². The molecule has 0 aromatic heterocycles. The fraction of sp³-hybridized carbons (Fsp3) is 0.208. The maximum atomic E-state index is 13.3. The smallest absolute Gasteiger partial charge is 0.281 e. The maximum Gasteiger partial charge on any atom is 0.281 e. The van der Waals surface area contributed by atoms with Gasteiger partial charge in [-0.3, -0.25) is 19.3 Å². The highest BCUT2D eigenvalue weighted by Gasteiger charge is 2.46. The van der Waals surface area contributed by atoms with Gasteiger partial charge in [-0.05, 0) is 30.2 Å². The first-order chi connectivity index (χ1) is 14.5. The number of hydrogen-bond acceptors (Lipinski definition) is 4. The van der Waals surface area contributed by atoms with Gasteiger partial charge in [0.25, 0.3) is 17.7 Å². The van der Waals surface area contributed by atoms with Crippen molar-refractivity contribution in [1.29, 1.82) is 0 Å². The van der Waals surface area contributed by atoms with Crippen molar-refractivity contribution < 1.29 is 19.1 Å². The summed E-state index contributed by atoms with van der Waals surface area (Å²) in [5.74, 6) is -1.35. The van der Waals surface area contributed by atoms with Crippen LogP contribution in [0.2, 0.25) is 0 Å². The first-order valence-corrected chi connectivity index (χ1v) is 9.73. The van der Waals surface area contributed by atoms with Crippen molar-refractivity contribution in [1.82, 2.24) is 10.2 Å². The van der Waals surface area contributed by atoms with Crippen molar-refractivity contribution in [2.75, 3.05) is 6.61 Å². The second-order valence-electron chi connectivity index (χ2n) is 7.19. The number of nitrogens with zero attached hydrogens (tertiary/aromatic N) is 1. The molecule has 0 unspecified atom stereocenters. The van der Waals surface area contributed by atoms with E-state index in [0.29, 0.717) is 11.1 Å². The molecule has 1 aliphatic rings. The van der Waals surface area contributed by atoms with Gasteiger partial charge in [-0.2, -0.15) is 0 Å². The second kappa shape index (κ2) is 9.22. The highest BCUT2D eigenvalue weighted by molar-refractivity contribution is 6.14. The van der Waals surface area contributed by atoms with Gasteiger partial charge >= 0.3 is 0 Å². The third kappa shape index (κ3) is 4.17. The number of rotatable bonds is 7. The summed E-state index contributed by atoms with van der Waals surface area (Å²) < 4.78 is 5.79. The van der Waals surface area contributed by atoms with Gasteiger partial charge in [0, 0.05) is 11.1 Å². The fourth-order valence-electron chi connectivity index (χ4n) is 3.35. The molecule has 0 spiro atoms. The van der Waals surface area contributed by atoms with Crippen LogP contribution in [0.25, 0.3) is 0 Å². The Labute approximate surface area is 175 Å². The van der Waals surface area contributed by atoms with Crippen LogP contribution >= 0.6 is 0 Å². The predicted molar refractivity (Wildman–Crippen MR) is 113 cm³/mol. The van der Waals surface area contributed by atoms with Gasteiger partial charge in [-0.25, -0.2) is 0 Å². The molecule has 1 heterocycles. The minimum atomic E-state index is -0.642. The molecule has 0 bridgehead atoms. The molecule has 0 radical (unpaired) electrons. The van der Waals surface area contributed by atoms with Crippen LogP contribution in [0.5, 0.6) is 0 Å². The van der Waals surface area contributed by atoms with Gasteiger partial charge in [0.15, 0.2) is 0 Å². The van der Waals surface area contributed by atoms with Gasteiger partial charge in [-0.1, -0.05) is 62.9 Å². The topological polar surface area (TPSA) is 75.7 Å². The number of carbonyl (C=O) groups is 3. The lowest BCUT2D eigenvalue weighted by Crippen LogP contribution is -2.44. The van der Waals surface area contributed by atoms with Crippen LogP contribution in [0, 0.1) is 5.92 Å². The lowest BCUT2D eigenvalue weighted by atomic mass is 10.0. The molecule has 0 saturated carbocycles. The zero-order valence-electron chi connectivity index (χ0n) is 17.0. The van der Waals surface area contributed by atoms with E-state index in [0.717, 1.165) is 0 Å². The van der Waals surface area contributed by atoms with Crippen molar-refractivity contribution in [3.63, 3.8) is 0 Å². The van der Waals surface area contributed by atoms with Crippen molar-refractivity contribution in [3.05, 3.63) is 95.9 Å². The van der Waals surface area contributed by atoms with Gasteiger partial charge in [-0.15, -0.1) is 0 Å². The van der Waals surface area contributed by atoms with E-state index in [4.69, 9.17) is 4.74 Å². The number of benzene rings is 2. The first-order valence-electron chi connectivity index (χ1n) is 9.73. The summed E-state index contributed by atoms with van der Waals surface area (Å²) in [4.78, 5) is 40.4. The number of hydrogen-bond donors (Lipinski definition) is 1. The van der Waals surface area contributed by atoms with E-state index in [1.54, 1.807) is 66.7 Å². The van der Waals surface area contributed by atoms with Gasteiger partial charge in [0.2, 0.25) is 0 Å². The van der Waals surface area contributed by atoms with Crippen LogP contribution in [-0.2, 0) is 9.53 Å². The van der Waals surface area contributed by atoms with Gasteiger partial charge in [0.1, 0.15) is 24.1 Å². The highest BCUT2D eigenvalue weighted by Crippen LogP contribution is 2.32. The Bertz CT molecular complexity index is 981. The van der Waals surface area contributed by atoms with Crippen molar-refractivity contribution in [3.8, 4) is 0 Å². The SMILES string of the molecule is C=CCOC1=C(NC(=O)c2ccccc2)C(=O)N(C(=O)c2ccccc2)[C@@H]1C(C)C. The molecule has 30 heavy (non-hydrogen) atoms. The molecule has 0 saturated heterocycles. The van der Waals surface area contributed by atoms with E-state index in [1.807, 2.05) is 13.8 Å². The molecule has 3 rings (SSSR count). The third-order valence-corrected chi connectivity index (χ3v) is 4.73. The number of carbonyl (C=O) groups excluding carboxylic acids is 3. The Morgan fingerprint density at radius 3 is 2.17 bits per heavy atom. The van der Waals surface area contributed by atoms with Crippen LogP contribution in [0.4, 0.5) is 0 Å². The summed E-state index contributed by atoms with van der Waals surface area (Å²) in [6, 6.07) is 16.5. The molecule has 3 amide bonds. The standard InChI is InChI=1S/C24H24N2O4/c1-4-15-30-21-19(25-22(27)17-11-7-5-8-12-17)24(29)26(20(21)16(2)3)23(28)18-13-9-6-10-14-18/h4-14,16,20H,1,15H2,2-3H3,(H,25,27)/t20-/m1/s1. The minimum absolute atomic E-state index is 0.0197. The Balaban J connectivity index is 2.00. The normalized spacial score (nSPS) is 16.0. The minimum Gasteiger partial charge on any atom is -0.489 e. The lowest BCUT2D eigenvalue weighted by molar-refractivity contribution is -0.125. The molecule has 154 valence electrons. The average Bonchev–Trinajstić information content (AvgIpc) is 3.04. The third-order valence-electron chi connectivity index (χ3n) is 4.73. The van der Waals surface area contributed by atoms with E-state index < -0.39 is 23.8 Å². The number of ether oxygens (including phenoxy) is 1. The molecule has 1 aliphatic heterocycles. The lowest BCUT2D eigenvalue weighted by Gasteiger charge is -2.27. The molecular formula is C24H24N2O4. The second-order valence-corrected chi connectivity index (χ2v) is 7.19. The summed E-state index contributed by atoms with van der Waals surface area (Å²) in [7, 11) is 0. The summed E-state index contributed by atoms with van der Waals surface area (Å²) in [6.45, 7) is 7.57. The van der Waals surface area contributed by atoms with Crippen molar-refractivity contribution in [2.24, 2.45) is 5.92 Å². The molecule has 0 aliphatic carbocycles. The summed E-state index contributed by atoms with van der Waals surface area (Å²) in [6.07, 6.45) is 1.55. The van der Waals surface area contributed by atoms with E-state index >= 15 is 0 Å². The molecule has 2 aromatic rings. The number of nitrogens with one attached hydrogen (secondary N) is 1. The summed E-state index contributed by atoms with van der Waals surface area (Å²) in [5, 5.41) is 2.66. The molecular weight excluding hydrogens is 380 g/mol. The van der Waals surface area contributed by atoms with Crippen LogP contribution < -0.4 is 5.32 Å². The molecule has 1 atom stereocenters. The zero-order chi connectivity index (χ0) is 21.7. The van der Waals surface area contributed by atoms with E-state index in [1.165, 1.54) is 4.90 Å². The van der Waals surface area contributed by atoms with Crippen molar-refractivity contribution >= 4 is 17.7 Å². The van der Waals surface area contributed by atoms with Gasteiger partial charge < -0.3 is 10.1 Å². The molecule has 0 fully saturated rings. The summed E-state index contributed by atoms with van der Waals surface area (Å²) >= 11 is 0. The van der Waals surface area contributed by atoms with Gasteiger partial charge in [0.05, 0.1) is 0 Å². The van der Waals surface area contributed by atoms with Crippen LogP contribution in [0.15, 0.2) is 84.8 Å². The molecule has 6 nitrogen and oxygen atoms in total. The van der Waals surface area contributed by atoms with Crippen molar-refractivity contribution in [2.45, 2.75) is 19.9 Å². The van der Waals surface area contributed by atoms with Crippen LogP contribution in [0.1, 0.15) is 34.6 Å². The Hall–Kier alpha value is -3.67. The zero-order valence-corrected chi connectivity index (χ0v) is 17.0. The Morgan fingerprint density at radius 1 is 1.07 bits per heavy atom. The van der Waals surface area contributed by atoms with E-state index in [-0.39, 0.29) is 24.0 Å². The monoisotopic (exact) mass is 404 g/mol. The largest absolute Gasteiger partial charge is 0.489 e. The number of imide groups is 1. The fourth-order valence-corrected chi connectivity index (χ4v) is 3.35. The quantitative estimate of drug-likeness (QED) is 0.566. The van der Waals surface area contributed by atoms with Crippen LogP contribution in [0.3, 0.4) is 0 Å². The molecule has 2 aromatic carbocycles. The van der Waals surface area contributed by atoms with Crippen LogP contribution in [-0.4, -0.2) is 35.3 Å². The Kier molecular flexibility index (Phi) is 6.47. The highest BCUT2D eigenvalue weighted by atomic mass is 16.5. The number of amides is 3.